The zero-order valence-electron chi connectivity index (χ0n) is 19.7. The number of nitrogens with one attached hydrogen (secondary N) is 2. The third-order valence-corrected chi connectivity index (χ3v) is 7.84. The molecule has 3 rings (SSSR count). The number of Topliss-reactive ketones (excluding diaryl/α,β-unsaturated/α-hetero) is 1. The SMILES string of the molecule is CNC(=O)C(=O)C(CC1CCC1)NC(=O)[C@@H]1C2C(CN1C(=O)[C@H](N)C(C)(C)C)C2(C)C. The molecule has 1 heterocycles. The minimum atomic E-state index is -0.869. The summed E-state index contributed by atoms with van der Waals surface area (Å²) in [5.74, 6) is -1.32. The number of rotatable bonds is 7. The maximum Gasteiger partial charge on any atom is 0.289 e. The molecule has 174 valence electrons. The normalized spacial score (nSPS) is 28.7. The van der Waals surface area contributed by atoms with Crippen LogP contribution in [0.2, 0.25) is 0 Å². The van der Waals surface area contributed by atoms with E-state index in [1.165, 1.54) is 7.05 Å². The number of likely N-dealkylation sites (tertiary alicyclic amines) is 1. The van der Waals surface area contributed by atoms with Gasteiger partial charge in [0.2, 0.25) is 17.6 Å². The number of nitrogens with two attached hydrogens (primary N) is 1. The lowest BCUT2D eigenvalue weighted by Gasteiger charge is -2.36. The van der Waals surface area contributed by atoms with E-state index in [9.17, 15) is 19.2 Å². The number of ketones is 1. The lowest BCUT2D eigenvalue weighted by atomic mass is 9.80. The summed E-state index contributed by atoms with van der Waals surface area (Å²) in [6, 6.07) is -2.25. The third-order valence-electron chi connectivity index (χ3n) is 7.84. The number of nitrogens with zero attached hydrogens (tertiary/aromatic N) is 1. The summed E-state index contributed by atoms with van der Waals surface area (Å²) < 4.78 is 0. The standard InChI is InChI=1S/C23H38N4O4/c1-22(2,3)18(24)21(31)27-11-13-15(23(13,4)5)16(27)19(29)26-14(10-12-8-7-9-12)17(28)20(30)25-6/h12-16,18H,7-11,24H2,1-6H3,(H,25,30)(H,26,29)/t13?,14?,15?,16-,18-/m0/s1. The van der Waals surface area contributed by atoms with Crippen molar-refractivity contribution in [1.29, 1.82) is 0 Å². The molecule has 0 radical (unpaired) electrons. The molecule has 3 amide bonds. The molecule has 8 nitrogen and oxygen atoms in total. The molecular formula is C23H38N4O4. The highest BCUT2D eigenvalue weighted by Crippen LogP contribution is 2.65. The van der Waals surface area contributed by atoms with Crippen LogP contribution in [0.15, 0.2) is 0 Å². The van der Waals surface area contributed by atoms with E-state index in [0.29, 0.717) is 18.9 Å². The molecule has 1 aliphatic heterocycles. The van der Waals surface area contributed by atoms with Crippen LogP contribution in [0.3, 0.4) is 0 Å². The molecule has 2 saturated carbocycles. The van der Waals surface area contributed by atoms with Gasteiger partial charge < -0.3 is 21.3 Å². The number of hydrogen-bond donors (Lipinski definition) is 3. The maximum atomic E-state index is 13.4. The minimum Gasteiger partial charge on any atom is -0.353 e. The Kier molecular flexibility index (Phi) is 6.26. The molecule has 2 aliphatic carbocycles. The highest BCUT2D eigenvalue weighted by molar-refractivity contribution is 6.38. The summed E-state index contributed by atoms with van der Waals surface area (Å²) >= 11 is 0. The zero-order chi connectivity index (χ0) is 23.3. The quantitative estimate of drug-likeness (QED) is 0.513. The number of piperidine rings is 1. The van der Waals surface area contributed by atoms with Crippen molar-refractivity contribution < 1.29 is 19.2 Å². The number of amides is 3. The second-order valence-electron chi connectivity index (χ2n) is 11.3. The number of likely N-dealkylation sites (N-methyl/N-ethyl adjacent to an activating group) is 1. The first-order valence-electron chi connectivity index (χ1n) is 11.4. The molecular weight excluding hydrogens is 396 g/mol. The van der Waals surface area contributed by atoms with E-state index in [1.807, 2.05) is 20.8 Å². The monoisotopic (exact) mass is 434 g/mol. The maximum absolute atomic E-state index is 13.4. The Hall–Kier alpha value is -1.96. The average Bonchev–Trinajstić information content (AvgIpc) is 3.02. The molecule has 0 aromatic heterocycles. The Morgan fingerprint density at radius 1 is 1.16 bits per heavy atom. The summed E-state index contributed by atoms with van der Waals surface area (Å²) in [6.45, 7) is 10.4. The molecule has 8 heteroatoms. The van der Waals surface area contributed by atoms with E-state index < -0.39 is 35.2 Å². The van der Waals surface area contributed by atoms with E-state index in [1.54, 1.807) is 4.90 Å². The van der Waals surface area contributed by atoms with Crippen molar-refractivity contribution >= 4 is 23.5 Å². The highest BCUT2D eigenvalue weighted by atomic mass is 16.2. The minimum absolute atomic E-state index is 0.0306. The lowest BCUT2D eigenvalue weighted by Crippen LogP contribution is -2.59. The fraction of sp³-hybridized carbons (Fsp3) is 0.826. The van der Waals surface area contributed by atoms with Crippen molar-refractivity contribution in [2.45, 2.75) is 78.4 Å². The second-order valence-corrected chi connectivity index (χ2v) is 11.3. The van der Waals surface area contributed by atoms with E-state index in [-0.39, 0.29) is 29.1 Å². The van der Waals surface area contributed by atoms with Gasteiger partial charge in [-0.3, -0.25) is 19.2 Å². The zero-order valence-corrected chi connectivity index (χ0v) is 19.7. The molecule has 0 aromatic rings. The average molecular weight is 435 g/mol. The van der Waals surface area contributed by atoms with Gasteiger partial charge in [0.15, 0.2) is 0 Å². The predicted octanol–water partition coefficient (Wildman–Crippen LogP) is 0.833. The van der Waals surface area contributed by atoms with E-state index in [4.69, 9.17) is 5.73 Å². The molecule has 5 atom stereocenters. The molecule has 31 heavy (non-hydrogen) atoms. The molecule has 0 bridgehead atoms. The molecule has 4 N–H and O–H groups in total. The van der Waals surface area contributed by atoms with Gasteiger partial charge in [0.05, 0.1) is 12.1 Å². The summed E-state index contributed by atoms with van der Waals surface area (Å²) in [6.07, 6.45) is 3.56. The van der Waals surface area contributed by atoms with Gasteiger partial charge in [-0.15, -0.1) is 0 Å². The Labute approximate surface area is 185 Å². The molecule has 1 saturated heterocycles. The molecule has 3 unspecified atom stereocenters. The fourth-order valence-electron chi connectivity index (χ4n) is 5.19. The van der Waals surface area contributed by atoms with Gasteiger partial charge in [-0.1, -0.05) is 53.9 Å². The second kappa shape index (κ2) is 8.19. The Morgan fingerprint density at radius 2 is 1.77 bits per heavy atom. The first-order valence-corrected chi connectivity index (χ1v) is 11.4. The van der Waals surface area contributed by atoms with Gasteiger partial charge in [-0.25, -0.2) is 0 Å². The van der Waals surface area contributed by atoms with Crippen LogP contribution in [-0.4, -0.2) is 60.1 Å². The largest absolute Gasteiger partial charge is 0.353 e. The Bertz CT molecular complexity index is 768. The molecule has 0 aromatic carbocycles. The van der Waals surface area contributed by atoms with Crippen molar-refractivity contribution in [1.82, 2.24) is 15.5 Å². The van der Waals surface area contributed by atoms with Crippen LogP contribution in [0, 0.1) is 28.6 Å². The van der Waals surface area contributed by atoms with Crippen molar-refractivity contribution in [3.63, 3.8) is 0 Å². The number of carbonyl (C=O) groups excluding carboxylic acids is 4. The van der Waals surface area contributed by atoms with Gasteiger partial charge in [-0.2, -0.15) is 0 Å². The van der Waals surface area contributed by atoms with Gasteiger partial charge in [0.1, 0.15) is 6.04 Å². The van der Waals surface area contributed by atoms with Gasteiger partial charge in [-0.05, 0) is 35.0 Å². The number of carbonyl (C=O) groups is 4. The first kappa shape index (κ1) is 23.7. The summed E-state index contributed by atoms with van der Waals surface area (Å²) in [7, 11) is 1.41. The van der Waals surface area contributed by atoms with Crippen molar-refractivity contribution in [2.75, 3.05) is 13.6 Å². The van der Waals surface area contributed by atoms with Crippen molar-refractivity contribution in [2.24, 2.45) is 34.3 Å². The van der Waals surface area contributed by atoms with E-state index in [2.05, 4.69) is 24.5 Å². The number of fused-ring (bicyclic) bond motifs is 1. The lowest BCUT2D eigenvalue weighted by molar-refractivity contribution is -0.145. The van der Waals surface area contributed by atoms with E-state index >= 15 is 0 Å². The molecule has 3 fully saturated rings. The van der Waals surface area contributed by atoms with Crippen LogP contribution < -0.4 is 16.4 Å². The van der Waals surface area contributed by atoms with Gasteiger partial charge in [0.25, 0.3) is 5.91 Å². The van der Waals surface area contributed by atoms with Gasteiger partial charge >= 0.3 is 0 Å². The summed E-state index contributed by atoms with van der Waals surface area (Å²) in [5, 5.41) is 5.21. The smallest absolute Gasteiger partial charge is 0.289 e. The van der Waals surface area contributed by atoms with Crippen LogP contribution in [0.4, 0.5) is 0 Å². The topological polar surface area (TPSA) is 122 Å². The summed E-state index contributed by atoms with van der Waals surface area (Å²) in [4.78, 5) is 52.9. The first-order chi connectivity index (χ1) is 14.3. The Balaban J connectivity index is 1.80. The Morgan fingerprint density at radius 3 is 2.26 bits per heavy atom. The van der Waals surface area contributed by atoms with Crippen molar-refractivity contribution in [3.05, 3.63) is 0 Å². The highest BCUT2D eigenvalue weighted by Gasteiger charge is 2.69. The van der Waals surface area contributed by atoms with E-state index in [0.717, 1.165) is 19.3 Å². The van der Waals surface area contributed by atoms with Crippen LogP contribution in [0.5, 0.6) is 0 Å². The molecule has 3 aliphatic rings. The van der Waals surface area contributed by atoms with Crippen LogP contribution in [-0.2, 0) is 19.2 Å². The van der Waals surface area contributed by atoms with Crippen LogP contribution in [0.25, 0.3) is 0 Å². The third kappa shape index (κ3) is 4.36. The van der Waals surface area contributed by atoms with Crippen LogP contribution in [0.1, 0.15) is 60.3 Å². The number of hydrogen-bond acceptors (Lipinski definition) is 5. The van der Waals surface area contributed by atoms with Gasteiger partial charge in [0, 0.05) is 13.6 Å². The van der Waals surface area contributed by atoms with Crippen molar-refractivity contribution in [3.8, 4) is 0 Å². The summed E-state index contributed by atoms with van der Waals surface area (Å²) in [5.41, 5.74) is 5.76. The van der Waals surface area contributed by atoms with Crippen LogP contribution >= 0.6 is 0 Å². The molecule has 0 spiro atoms. The fourth-order valence-corrected chi connectivity index (χ4v) is 5.19. The predicted molar refractivity (Wildman–Crippen MR) is 117 cm³/mol.